The van der Waals surface area contributed by atoms with E-state index in [0.29, 0.717) is 25.7 Å². The highest BCUT2D eigenvalue weighted by Crippen LogP contribution is 2.33. The quantitative estimate of drug-likeness (QED) is 0.802. The summed E-state index contributed by atoms with van der Waals surface area (Å²) in [6, 6.07) is 2.79. The van der Waals surface area contributed by atoms with Crippen LogP contribution in [0.15, 0.2) is 24.3 Å². The Morgan fingerprint density at radius 3 is 2.65 bits per heavy atom. The molecule has 2 unspecified atom stereocenters. The van der Waals surface area contributed by atoms with Gasteiger partial charge in [0.25, 0.3) is 0 Å². The lowest BCUT2D eigenvalue weighted by Gasteiger charge is -2.35. The first kappa shape index (κ1) is 13.6. The van der Waals surface area contributed by atoms with Gasteiger partial charge in [-0.05, 0) is 24.1 Å². The Bertz CT molecular complexity index is 553. The van der Waals surface area contributed by atoms with E-state index in [-0.39, 0.29) is 17.6 Å². The zero-order chi connectivity index (χ0) is 14.3. The number of hydrogen-bond acceptors (Lipinski definition) is 2. The highest BCUT2D eigenvalue weighted by atomic mass is 19.4. The Hall–Kier alpha value is -1.40. The molecule has 20 heavy (non-hydrogen) atoms. The number of hydrogen-bond donors (Lipinski definition) is 1. The zero-order valence-electron chi connectivity index (χ0n) is 10.5. The average Bonchev–Trinajstić information content (AvgIpc) is 2.37. The molecule has 0 spiro atoms. The molecule has 6 heteroatoms. The molecule has 0 amide bonds. The fraction of sp³-hybridized carbons (Fsp3) is 0.429. The standard InChI is InChI=1S/C14H13F4NO/c15-13-5-9(14(16,17)18)1-2-12(13)8-3-10-6-20-7-11(4-8)19-10/h1-3,5,10-11,19H,4,6-7H2. The highest BCUT2D eigenvalue weighted by Gasteiger charge is 2.32. The molecule has 2 nitrogen and oxygen atoms in total. The maximum atomic E-state index is 13.9. The third-order valence-electron chi connectivity index (χ3n) is 3.58. The van der Waals surface area contributed by atoms with Gasteiger partial charge >= 0.3 is 6.18 Å². The average molecular weight is 287 g/mol. The summed E-state index contributed by atoms with van der Waals surface area (Å²) in [7, 11) is 0. The van der Waals surface area contributed by atoms with E-state index < -0.39 is 17.6 Å². The molecule has 0 aromatic heterocycles. The van der Waals surface area contributed by atoms with Crippen molar-refractivity contribution in [2.45, 2.75) is 24.7 Å². The minimum absolute atomic E-state index is 0.000748. The van der Waals surface area contributed by atoms with Crippen molar-refractivity contribution in [3.8, 4) is 0 Å². The number of fused-ring (bicyclic) bond motifs is 2. The largest absolute Gasteiger partial charge is 0.416 e. The molecule has 1 aromatic carbocycles. The lowest BCUT2D eigenvalue weighted by atomic mass is 9.91. The number of alkyl halides is 3. The molecule has 2 bridgehead atoms. The predicted octanol–water partition coefficient (Wildman–Crippen LogP) is 2.99. The summed E-state index contributed by atoms with van der Waals surface area (Å²) in [5.74, 6) is -0.827. The highest BCUT2D eigenvalue weighted by molar-refractivity contribution is 5.68. The SMILES string of the molecule is Fc1cc(C(F)(F)F)ccc1C1=CC2COCC(C1)N2. The summed E-state index contributed by atoms with van der Waals surface area (Å²) in [5.41, 5.74) is 0.0292. The molecule has 0 radical (unpaired) electrons. The van der Waals surface area contributed by atoms with Crippen molar-refractivity contribution in [2.75, 3.05) is 13.2 Å². The third-order valence-corrected chi connectivity index (χ3v) is 3.58. The smallest absolute Gasteiger partial charge is 0.378 e. The van der Waals surface area contributed by atoms with E-state index in [0.717, 1.165) is 11.6 Å². The molecule has 2 aliphatic heterocycles. The number of rotatable bonds is 1. The van der Waals surface area contributed by atoms with Crippen LogP contribution in [0.4, 0.5) is 17.6 Å². The Morgan fingerprint density at radius 2 is 2.00 bits per heavy atom. The van der Waals surface area contributed by atoms with Gasteiger partial charge in [0.2, 0.25) is 0 Å². The Morgan fingerprint density at radius 1 is 1.20 bits per heavy atom. The number of nitrogens with one attached hydrogen (secondary N) is 1. The maximum absolute atomic E-state index is 13.9. The van der Waals surface area contributed by atoms with E-state index in [2.05, 4.69) is 5.32 Å². The van der Waals surface area contributed by atoms with Gasteiger partial charge in [-0.25, -0.2) is 4.39 Å². The van der Waals surface area contributed by atoms with Crippen LogP contribution in [0.25, 0.3) is 5.57 Å². The molecule has 1 saturated heterocycles. The summed E-state index contributed by atoms with van der Waals surface area (Å²) < 4.78 is 56.9. The van der Waals surface area contributed by atoms with Gasteiger partial charge in [-0.1, -0.05) is 12.1 Å². The van der Waals surface area contributed by atoms with Crippen LogP contribution in [0.1, 0.15) is 17.5 Å². The van der Waals surface area contributed by atoms with E-state index in [4.69, 9.17) is 4.74 Å². The second-order valence-corrected chi connectivity index (χ2v) is 5.10. The Labute approximate surface area is 113 Å². The number of ether oxygens (including phenoxy) is 1. The molecule has 1 N–H and O–H groups in total. The van der Waals surface area contributed by atoms with Gasteiger partial charge < -0.3 is 10.1 Å². The van der Waals surface area contributed by atoms with Crippen molar-refractivity contribution in [2.24, 2.45) is 0 Å². The van der Waals surface area contributed by atoms with Crippen LogP contribution in [0.2, 0.25) is 0 Å². The minimum Gasteiger partial charge on any atom is -0.378 e. The summed E-state index contributed by atoms with van der Waals surface area (Å²) >= 11 is 0. The fourth-order valence-corrected chi connectivity index (χ4v) is 2.68. The van der Waals surface area contributed by atoms with Gasteiger partial charge in [-0.3, -0.25) is 0 Å². The number of halogens is 4. The lowest BCUT2D eigenvalue weighted by Crippen LogP contribution is -2.50. The molecule has 3 rings (SSSR count). The Balaban J connectivity index is 1.93. The molecule has 1 aromatic rings. The van der Waals surface area contributed by atoms with Crippen molar-refractivity contribution in [1.82, 2.24) is 5.32 Å². The molecule has 1 fully saturated rings. The first-order valence-corrected chi connectivity index (χ1v) is 6.35. The minimum atomic E-state index is -4.52. The fourth-order valence-electron chi connectivity index (χ4n) is 2.68. The van der Waals surface area contributed by atoms with Crippen LogP contribution in [0.3, 0.4) is 0 Å². The van der Waals surface area contributed by atoms with E-state index in [9.17, 15) is 17.6 Å². The van der Waals surface area contributed by atoms with Gasteiger partial charge in [0.15, 0.2) is 0 Å². The molecular weight excluding hydrogens is 274 g/mol. The van der Waals surface area contributed by atoms with Crippen molar-refractivity contribution in [3.63, 3.8) is 0 Å². The zero-order valence-corrected chi connectivity index (χ0v) is 10.5. The number of benzene rings is 1. The molecule has 0 aliphatic carbocycles. The van der Waals surface area contributed by atoms with E-state index >= 15 is 0 Å². The van der Waals surface area contributed by atoms with Crippen LogP contribution in [-0.2, 0) is 10.9 Å². The third kappa shape index (κ3) is 2.58. The van der Waals surface area contributed by atoms with E-state index in [1.54, 1.807) is 0 Å². The molecule has 2 atom stereocenters. The second-order valence-electron chi connectivity index (χ2n) is 5.10. The van der Waals surface area contributed by atoms with Gasteiger partial charge in [0.05, 0.1) is 18.8 Å². The number of morpholine rings is 1. The van der Waals surface area contributed by atoms with Crippen molar-refractivity contribution in [3.05, 3.63) is 41.2 Å². The van der Waals surface area contributed by atoms with Crippen LogP contribution >= 0.6 is 0 Å². The monoisotopic (exact) mass is 287 g/mol. The van der Waals surface area contributed by atoms with Crippen molar-refractivity contribution in [1.29, 1.82) is 0 Å². The maximum Gasteiger partial charge on any atom is 0.416 e. The van der Waals surface area contributed by atoms with Crippen LogP contribution in [-0.4, -0.2) is 25.3 Å². The molecule has 2 aliphatic rings. The first-order chi connectivity index (χ1) is 9.43. The summed E-state index contributed by atoms with van der Waals surface area (Å²) in [5, 5.41) is 3.30. The van der Waals surface area contributed by atoms with Crippen LogP contribution in [0, 0.1) is 5.82 Å². The first-order valence-electron chi connectivity index (χ1n) is 6.35. The van der Waals surface area contributed by atoms with E-state index in [1.807, 2.05) is 6.08 Å². The topological polar surface area (TPSA) is 21.3 Å². The molecule has 0 saturated carbocycles. The predicted molar refractivity (Wildman–Crippen MR) is 65.5 cm³/mol. The Kier molecular flexibility index (Phi) is 3.30. The molecular formula is C14H13F4NO. The second kappa shape index (κ2) is 4.86. The summed E-state index contributed by atoms with van der Waals surface area (Å²) in [6.07, 6.45) is -2.13. The van der Waals surface area contributed by atoms with Crippen LogP contribution in [0.5, 0.6) is 0 Å². The molecule has 108 valence electrons. The van der Waals surface area contributed by atoms with Crippen molar-refractivity contribution < 1.29 is 22.3 Å². The lowest BCUT2D eigenvalue weighted by molar-refractivity contribution is -0.137. The summed E-state index contributed by atoms with van der Waals surface area (Å²) in [4.78, 5) is 0. The van der Waals surface area contributed by atoms with Gasteiger partial charge in [-0.15, -0.1) is 0 Å². The normalized spacial score (nSPS) is 26.3. The molecule has 2 heterocycles. The van der Waals surface area contributed by atoms with Gasteiger partial charge in [-0.2, -0.15) is 13.2 Å². The van der Waals surface area contributed by atoms with Gasteiger partial charge in [0.1, 0.15) is 5.82 Å². The van der Waals surface area contributed by atoms with E-state index in [1.165, 1.54) is 6.07 Å². The van der Waals surface area contributed by atoms with Crippen molar-refractivity contribution >= 4 is 5.57 Å². The van der Waals surface area contributed by atoms with Gasteiger partial charge in [0, 0.05) is 17.6 Å². The summed E-state index contributed by atoms with van der Waals surface area (Å²) in [6.45, 7) is 1.04. The van der Waals surface area contributed by atoms with Crippen LogP contribution < -0.4 is 5.32 Å².